The summed E-state index contributed by atoms with van der Waals surface area (Å²) in [5.41, 5.74) is 1.43. The number of rotatable bonds is 5. The van der Waals surface area contributed by atoms with Crippen LogP contribution < -0.4 is 5.32 Å². The second-order valence-corrected chi connectivity index (χ2v) is 6.73. The van der Waals surface area contributed by atoms with Crippen molar-refractivity contribution in [2.45, 2.75) is 39.2 Å². The van der Waals surface area contributed by atoms with Crippen LogP contribution >= 0.6 is 0 Å². The topological polar surface area (TPSA) is 52.6 Å². The SMILES string of the molecule is CC(C)c1cccc(NC(=O)CN2CC(O)(C(C)C)C2)c1. The average molecular weight is 290 g/mol. The van der Waals surface area contributed by atoms with Crippen LogP contribution in [0.25, 0.3) is 0 Å². The summed E-state index contributed by atoms with van der Waals surface area (Å²) >= 11 is 0. The van der Waals surface area contributed by atoms with E-state index in [0.717, 1.165) is 5.69 Å². The summed E-state index contributed by atoms with van der Waals surface area (Å²) in [7, 11) is 0. The van der Waals surface area contributed by atoms with E-state index in [0.29, 0.717) is 25.6 Å². The predicted octanol–water partition coefficient (Wildman–Crippen LogP) is 2.45. The number of likely N-dealkylation sites (tertiary alicyclic amines) is 1. The quantitative estimate of drug-likeness (QED) is 0.876. The third-order valence-corrected chi connectivity index (χ3v) is 4.27. The Morgan fingerprint density at radius 3 is 2.57 bits per heavy atom. The average Bonchev–Trinajstić information content (AvgIpc) is 2.36. The van der Waals surface area contributed by atoms with Crippen LogP contribution in [0.1, 0.15) is 39.2 Å². The van der Waals surface area contributed by atoms with Gasteiger partial charge in [-0.2, -0.15) is 0 Å². The molecule has 0 saturated carbocycles. The van der Waals surface area contributed by atoms with Crippen molar-refractivity contribution in [3.63, 3.8) is 0 Å². The Labute approximate surface area is 127 Å². The number of carbonyl (C=O) groups excluding carboxylic acids is 1. The summed E-state index contributed by atoms with van der Waals surface area (Å²) in [5, 5.41) is 13.1. The van der Waals surface area contributed by atoms with Gasteiger partial charge in [-0.3, -0.25) is 9.69 Å². The van der Waals surface area contributed by atoms with Crippen LogP contribution in [0.3, 0.4) is 0 Å². The highest BCUT2D eigenvalue weighted by molar-refractivity contribution is 5.92. The molecule has 0 spiro atoms. The van der Waals surface area contributed by atoms with Gasteiger partial charge in [-0.15, -0.1) is 0 Å². The molecule has 1 heterocycles. The number of hydrogen-bond acceptors (Lipinski definition) is 3. The van der Waals surface area contributed by atoms with E-state index in [1.807, 2.05) is 36.9 Å². The molecular weight excluding hydrogens is 264 g/mol. The van der Waals surface area contributed by atoms with Gasteiger partial charge >= 0.3 is 0 Å². The lowest BCUT2D eigenvalue weighted by Crippen LogP contribution is -2.65. The fraction of sp³-hybridized carbons (Fsp3) is 0.588. The monoisotopic (exact) mass is 290 g/mol. The summed E-state index contributed by atoms with van der Waals surface area (Å²) in [4.78, 5) is 14.0. The highest BCUT2D eigenvalue weighted by Gasteiger charge is 2.43. The number of β-amino-alcohol motifs (C(OH)–C–C–N with tert-alkyl or cyclic N) is 1. The number of nitrogens with zero attached hydrogens (tertiary/aromatic N) is 1. The first-order valence-corrected chi connectivity index (χ1v) is 7.65. The molecule has 0 aliphatic carbocycles. The number of benzene rings is 1. The van der Waals surface area contributed by atoms with Gasteiger partial charge in [-0.1, -0.05) is 39.8 Å². The number of amides is 1. The summed E-state index contributed by atoms with van der Waals surface area (Å²) in [6, 6.07) is 7.96. The molecule has 1 aliphatic heterocycles. The number of nitrogens with one attached hydrogen (secondary N) is 1. The molecule has 1 aromatic rings. The molecule has 0 unspecified atom stereocenters. The van der Waals surface area contributed by atoms with E-state index < -0.39 is 5.60 Å². The van der Waals surface area contributed by atoms with E-state index >= 15 is 0 Å². The Kier molecular flexibility index (Phi) is 4.69. The zero-order valence-corrected chi connectivity index (χ0v) is 13.4. The minimum atomic E-state index is -0.627. The maximum atomic E-state index is 12.0. The second-order valence-electron chi connectivity index (χ2n) is 6.73. The van der Waals surface area contributed by atoms with Gasteiger partial charge in [-0.05, 0) is 29.5 Å². The van der Waals surface area contributed by atoms with E-state index in [2.05, 4.69) is 25.2 Å². The summed E-state index contributed by atoms with van der Waals surface area (Å²) in [5.74, 6) is 0.638. The van der Waals surface area contributed by atoms with Gasteiger partial charge < -0.3 is 10.4 Å². The standard InChI is InChI=1S/C17H26N2O2/c1-12(2)14-6-5-7-15(8-14)18-16(20)9-19-10-17(21,11-19)13(3)4/h5-8,12-13,21H,9-11H2,1-4H3,(H,18,20). The highest BCUT2D eigenvalue weighted by Crippen LogP contribution is 2.28. The van der Waals surface area contributed by atoms with Crippen LogP contribution in [0.5, 0.6) is 0 Å². The van der Waals surface area contributed by atoms with Crippen molar-refractivity contribution in [2.24, 2.45) is 5.92 Å². The van der Waals surface area contributed by atoms with E-state index in [1.165, 1.54) is 5.56 Å². The molecule has 4 heteroatoms. The Balaban J connectivity index is 1.85. The van der Waals surface area contributed by atoms with Crippen LogP contribution in [-0.4, -0.2) is 41.1 Å². The van der Waals surface area contributed by atoms with Crippen molar-refractivity contribution in [3.05, 3.63) is 29.8 Å². The molecular formula is C17H26N2O2. The van der Waals surface area contributed by atoms with Crippen LogP contribution in [-0.2, 0) is 4.79 Å². The predicted molar refractivity (Wildman–Crippen MR) is 85.4 cm³/mol. The van der Waals surface area contributed by atoms with Crippen LogP contribution in [0.2, 0.25) is 0 Å². The first-order chi connectivity index (χ1) is 9.80. The molecule has 1 saturated heterocycles. The molecule has 1 aromatic carbocycles. The van der Waals surface area contributed by atoms with Gasteiger partial charge in [-0.25, -0.2) is 0 Å². The second kappa shape index (κ2) is 6.16. The smallest absolute Gasteiger partial charge is 0.238 e. The van der Waals surface area contributed by atoms with Crippen molar-refractivity contribution in [1.82, 2.24) is 4.90 Å². The zero-order chi connectivity index (χ0) is 15.6. The lowest BCUT2D eigenvalue weighted by Gasteiger charge is -2.48. The van der Waals surface area contributed by atoms with Gasteiger partial charge in [0.2, 0.25) is 5.91 Å². The molecule has 1 fully saturated rings. The fourth-order valence-electron chi connectivity index (χ4n) is 2.58. The largest absolute Gasteiger partial charge is 0.387 e. The summed E-state index contributed by atoms with van der Waals surface area (Å²) in [6.45, 7) is 9.76. The molecule has 2 N–H and O–H groups in total. The number of aliphatic hydroxyl groups is 1. The molecule has 1 amide bonds. The van der Waals surface area contributed by atoms with E-state index in [1.54, 1.807) is 0 Å². The molecule has 116 valence electrons. The van der Waals surface area contributed by atoms with Crippen LogP contribution in [0.4, 0.5) is 5.69 Å². The van der Waals surface area contributed by atoms with Gasteiger partial charge in [0.05, 0.1) is 12.1 Å². The maximum absolute atomic E-state index is 12.0. The normalized spacial score (nSPS) is 17.9. The maximum Gasteiger partial charge on any atom is 0.238 e. The first-order valence-electron chi connectivity index (χ1n) is 7.65. The molecule has 0 atom stereocenters. The lowest BCUT2D eigenvalue weighted by atomic mass is 9.83. The van der Waals surface area contributed by atoms with Crippen LogP contribution in [0.15, 0.2) is 24.3 Å². The van der Waals surface area contributed by atoms with Gasteiger partial charge in [0.1, 0.15) is 0 Å². The number of anilines is 1. The van der Waals surface area contributed by atoms with Crippen molar-refractivity contribution in [1.29, 1.82) is 0 Å². The molecule has 4 nitrogen and oxygen atoms in total. The van der Waals surface area contributed by atoms with Gasteiger partial charge in [0.25, 0.3) is 0 Å². The minimum absolute atomic E-state index is 0.0262. The third-order valence-electron chi connectivity index (χ3n) is 4.27. The molecule has 1 aliphatic rings. The van der Waals surface area contributed by atoms with Crippen molar-refractivity contribution >= 4 is 11.6 Å². The fourth-order valence-corrected chi connectivity index (χ4v) is 2.58. The zero-order valence-electron chi connectivity index (χ0n) is 13.4. The third kappa shape index (κ3) is 3.83. The number of carbonyl (C=O) groups is 1. The lowest BCUT2D eigenvalue weighted by molar-refractivity contribution is -0.139. The van der Waals surface area contributed by atoms with Gasteiger partial charge in [0, 0.05) is 18.8 Å². The van der Waals surface area contributed by atoms with Gasteiger partial charge in [0.15, 0.2) is 0 Å². The summed E-state index contributed by atoms with van der Waals surface area (Å²) < 4.78 is 0. The van der Waals surface area contributed by atoms with Crippen LogP contribution in [0, 0.1) is 5.92 Å². The highest BCUT2D eigenvalue weighted by atomic mass is 16.3. The molecule has 0 aromatic heterocycles. The molecule has 0 bridgehead atoms. The van der Waals surface area contributed by atoms with E-state index in [9.17, 15) is 9.90 Å². The van der Waals surface area contributed by atoms with Crippen molar-refractivity contribution in [2.75, 3.05) is 25.0 Å². The minimum Gasteiger partial charge on any atom is -0.387 e. The Hall–Kier alpha value is -1.39. The Bertz CT molecular complexity index is 505. The molecule has 2 rings (SSSR count). The van der Waals surface area contributed by atoms with Crippen molar-refractivity contribution < 1.29 is 9.90 Å². The van der Waals surface area contributed by atoms with E-state index in [4.69, 9.17) is 0 Å². The summed E-state index contributed by atoms with van der Waals surface area (Å²) in [6.07, 6.45) is 0. The van der Waals surface area contributed by atoms with Crippen molar-refractivity contribution in [3.8, 4) is 0 Å². The Morgan fingerprint density at radius 2 is 2.00 bits per heavy atom. The Morgan fingerprint density at radius 1 is 1.33 bits per heavy atom. The molecule has 21 heavy (non-hydrogen) atoms. The van der Waals surface area contributed by atoms with E-state index in [-0.39, 0.29) is 11.8 Å². The number of hydrogen-bond donors (Lipinski definition) is 2. The molecule has 0 radical (unpaired) electrons. The first kappa shape index (κ1) is 16.0.